The van der Waals surface area contributed by atoms with Gasteiger partial charge < -0.3 is 5.11 Å². The maximum absolute atomic E-state index is 10.1. The van der Waals surface area contributed by atoms with Gasteiger partial charge >= 0.3 is 0 Å². The predicted molar refractivity (Wildman–Crippen MR) is 104 cm³/mol. The van der Waals surface area contributed by atoms with Gasteiger partial charge in [0, 0.05) is 0 Å². The van der Waals surface area contributed by atoms with E-state index in [1.165, 1.54) is 38.2 Å². The molecule has 0 spiro atoms. The van der Waals surface area contributed by atoms with E-state index in [9.17, 15) is 5.11 Å². The number of hydrogen-bond donors (Lipinski definition) is 1. The van der Waals surface area contributed by atoms with Crippen LogP contribution in [0.1, 0.15) is 23.1 Å². The van der Waals surface area contributed by atoms with Crippen molar-refractivity contribution in [3.63, 3.8) is 0 Å². The summed E-state index contributed by atoms with van der Waals surface area (Å²) in [6.45, 7) is 6.96. The van der Waals surface area contributed by atoms with Gasteiger partial charge in [0.2, 0.25) is 0 Å². The second-order valence-corrected chi connectivity index (χ2v) is 11.5. The Bertz CT molecular complexity index is 929. The van der Waals surface area contributed by atoms with E-state index in [-0.39, 0.29) is 0 Å². The minimum atomic E-state index is -1.80. The molecule has 2 aromatic carbocycles. The van der Waals surface area contributed by atoms with Gasteiger partial charge in [-0.15, -0.1) is 0 Å². The van der Waals surface area contributed by atoms with Crippen molar-refractivity contribution in [1.82, 2.24) is 0 Å². The predicted octanol–water partition coefficient (Wildman–Crippen LogP) is 4.86. The fourth-order valence-corrected chi connectivity index (χ4v) is 7.27. The van der Waals surface area contributed by atoms with Crippen LogP contribution in [0, 0.1) is 6.92 Å². The van der Waals surface area contributed by atoms with E-state index < -0.39 is 8.07 Å². The van der Waals surface area contributed by atoms with E-state index in [2.05, 4.69) is 68.6 Å². The molecule has 0 atom stereocenters. The average Bonchev–Trinajstić information content (AvgIpc) is 2.57. The fraction of sp³-hybridized carbons (Fsp3) is 0.182. The first-order valence-corrected chi connectivity index (χ1v) is 11.5. The molecule has 0 bridgehead atoms. The van der Waals surface area contributed by atoms with Gasteiger partial charge in [0.15, 0.2) is 0 Å². The molecule has 2 aliphatic rings. The van der Waals surface area contributed by atoms with E-state index in [1.54, 1.807) is 0 Å². The number of aromatic hydroxyl groups is 1. The lowest BCUT2D eigenvalue weighted by atomic mass is 9.88. The third-order valence-corrected chi connectivity index (χ3v) is 8.92. The topological polar surface area (TPSA) is 20.2 Å². The number of allylic oxidation sites excluding steroid dienone is 5. The Morgan fingerprint density at radius 3 is 2.58 bits per heavy atom. The van der Waals surface area contributed by atoms with E-state index in [4.69, 9.17) is 0 Å². The molecule has 2 aromatic rings. The van der Waals surface area contributed by atoms with E-state index in [0.717, 1.165) is 6.42 Å². The number of aryl methyl sites for hydroxylation is 1. The van der Waals surface area contributed by atoms with Crippen LogP contribution in [0.5, 0.6) is 5.75 Å². The standard InChI is InChI=1S/C22H22OSi/c1-15-8-4-5-9-17(15)22-18-10-6-7-11-20(18)24(2,3)21-14-16(23)12-13-19(21)22/h4-6,8-14,23H,7H2,1-3H3. The van der Waals surface area contributed by atoms with Gasteiger partial charge in [-0.2, -0.15) is 0 Å². The lowest BCUT2D eigenvalue weighted by Gasteiger charge is -2.38. The van der Waals surface area contributed by atoms with Crippen molar-refractivity contribution in [3.05, 3.63) is 88.2 Å². The van der Waals surface area contributed by atoms with Crippen molar-refractivity contribution in [2.24, 2.45) is 0 Å². The molecule has 1 N–H and O–H groups in total. The van der Waals surface area contributed by atoms with Crippen LogP contribution in [0.3, 0.4) is 0 Å². The summed E-state index contributed by atoms with van der Waals surface area (Å²) in [6, 6.07) is 14.5. The summed E-state index contributed by atoms with van der Waals surface area (Å²) in [7, 11) is -1.80. The number of hydrogen-bond acceptors (Lipinski definition) is 1. The Balaban J connectivity index is 2.12. The van der Waals surface area contributed by atoms with E-state index in [1.807, 2.05) is 12.1 Å². The molecule has 0 unspecified atom stereocenters. The van der Waals surface area contributed by atoms with Gasteiger partial charge in [-0.05, 0) is 58.5 Å². The first-order chi connectivity index (χ1) is 11.5. The molecule has 0 saturated heterocycles. The molecule has 2 heteroatoms. The highest BCUT2D eigenvalue weighted by Crippen LogP contribution is 2.42. The molecule has 0 fully saturated rings. The lowest BCUT2D eigenvalue weighted by Crippen LogP contribution is -2.49. The molecular formula is C22H22OSi. The Hall–Kier alpha value is -2.32. The fourth-order valence-electron chi connectivity index (χ4n) is 4.08. The Labute approximate surface area is 144 Å². The van der Waals surface area contributed by atoms with Crippen LogP contribution in [0.25, 0.3) is 5.57 Å². The molecule has 4 rings (SSSR count). The van der Waals surface area contributed by atoms with Crippen molar-refractivity contribution in [2.45, 2.75) is 26.4 Å². The summed E-state index contributed by atoms with van der Waals surface area (Å²) in [5, 5.41) is 12.9. The Morgan fingerprint density at radius 2 is 1.79 bits per heavy atom. The second kappa shape index (κ2) is 5.35. The molecule has 1 aliphatic heterocycles. The zero-order chi connectivity index (χ0) is 16.9. The van der Waals surface area contributed by atoms with E-state index >= 15 is 0 Å². The third-order valence-electron chi connectivity index (χ3n) is 5.34. The van der Waals surface area contributed by atoms with Crippen LogP contribution < -0.4 is 5.19 Å². The van der Waals surface area contributed by atoms with Gasteiger partial charge in [0.05, 0.1) is 0 Å². The molecule has 24 heavy (non-hydrogen) atoms. The monoisotopic (exact) mass is 330 g/mol. The molecule has 1 aliphatic carbocycles. The highest BCUT2D eigenvalue weighted by Gasteiger charge is 2.39. The molecule has 0 radical (unpaired) electrons. The van der Waals surface area contributed by atoms with Crippen molar-refractivity contribution in [2.75, 3.05) is 0 Å². The van der Waals surface area contributed by atoms with Gasteiger partial charge in [-0.1, -0.05) is 66.9 Å². The van der Waals surface area contributed by atoms with Gasteiger partial charge in [0.25, 0.3) is 0 Å². The van der Waals surface area contributed by atoms with Crippen molar-refractivity contribution in [1.29, 1.82) is 0 Å². The molecule has 0 aromatic heterocycles. The highest BCUT2D eigenvalue weighted by molar-refractivity contribution is 6.97. The largest absolute Gasteiger partial charge is 0.508 e. The number of phenols is 1. The second-order valence-electron chi connectivity index (χ2n) is 7.21. The van der Waals surface area contributed by atoms with Crippen LogP contribution >= 0.6 is 0 Å². The van der Waals surface area contributed by atoms with Gasteiger partial charge in [-0.3, -0.25) is 0 Å². The third kappa shape index (κ3) is 2.14. The van der Waals surface area contributed by atoms with Crippen LogP contribution in [0.2, 0.25) is 13.1 Å². The maximum atomic E-state index is 10.1. The summed E-state index contributed by atoms with van der Waals surface area (Å²) < 4.78 is 0. The molecule has 0 amide bonds. The number of fused-ring (bicyclic) bond motifs is 2. The van der Waals surface area contributed by atoms with Crippen molar-refractivity contribution < 1.29 is 5.11 Å². The summed E-state index contributed by atoms with van der Waals surface area (Å²) in [4.78, 5) is 0. The minimum absolute atomic E-state index is 0.369. The maximum Gasteiger partial charge on any atom is 0.115 e. The van der Waals surface area contributed by atoms with Crippen LogP contribution in [-0.4, -0.2) is 13.2 Å². The normalized spacial score (nSPS) is 18.0. The zero-order valence-electron chi connectivity index (χ0n) is 14.4. The summed E-state index contributed by atoms with van der Waals surface area (Å²) in [5.74, 6) is 0.369. The Kier molecular flexibility index (Phi) is 3.39. The van der Waals surface area contributed by atoms with Crippen molar-refractivity contribution in [3.8, 4) is 5.75 Å². The lowest BCUT2D eigenvalue weighted by molar-refractivity contribution is 0.475. The highest BCUT2D eigenvalue weighted by atomic mass is 28.3. The van der Waals surface area contributed by atoms with Gasteiger partial charge in [0.1, 0.15) is 13.8 Å². The van der Waals surface area contributed by atoms with Gasteiger partial charge in [-0.25, -0.2) is 0 Å². The summed E-state index contributed by atoms with van der Waals surface area (Å²) in [6.07, 6.45) is 7.96. The molecule has 1 heterocycles. The average molecular weight is 331 g/mol. The molecular weight excluding hydrogens is 308 g/mol. The summed E-state index contributed by atoms with van der Waals surface area (Å²) >= 11 is 0. The first-order valence-electron chi connectivity index (χ1n) is 8.52. The summed E-state index contributed by atoms with van der Waals surface area (Å²) in [5.41, 5.74) is 6.57. The first kappa shape index (κ1) is 15.2. The number of rotatable bonds is 1. The molecule has 120 valence electrons. The van der Waals surface area contributed by atoms with Crippen molar-refractivity contribution >= 4 is 18.8 Å². The van der Waals surface area contributed by atoms with Crippen LogP contribution in [0.15, 0.2) is 71.5 Å². The number of phenolic OH excluding ortho intramolecular Hbond substituents is 1. The SMILES string of the molecule is Cc1ccccc1C1=C2C=CCC=C2[Si](C)(C)c2cc(O)ccc21. The quantitative estimate of drug-likeness (QED) is 0.741. The van der Waals surface area contributed by atoms with Crippen LogP contribution in [-0.2, 0) is 0 Å². The smallest absolute Gasteiger partial charge is 0.115 e. The van der Waals surface area contributed by atoms with E-state index in [0.29, 0.717) is 5.75 Å². The molecule has 1 nitrogen and oxygen atoms in total. The number of benzene rings is 2. The zero-order valence-corrected chi connectivity index (χ0v) is 15.4. The minimum Gasteiger partial charge on any atom is -0.508 e. The Morgan fingerprint density at radius 1 is 1.00 bits per heavy atom. The molecule has 0 saturated carbocycles. The van der Waals surface area contributed by atoms with Crippen LogP contribution in [0.4, 0.5) is 0 Å².